The van der Waals surface area contributed by atoms with Crippen LogP contribution >= 0.6 is 0 Å². The second-order valence-corrected chi connectivity index (χ2v) is 5.50. The summed E-state index contributed by atoms with van der Waals surface area (Å²) in [6.07, 6.45) is 1.52. The quantitative estimate of drug-likeness (QED) is 0.477. The first-order valence-corrected chi connectivity index (χ1v) is 6.83. The van der Waals surface area contributed by atoms with E-state index in [1.54, 1.807) is 0 Å². The van der Waals surface area contributed by atoms with Gasteiger partial charge in [0.1, 0.15) is 0 Å². The number of carbonyl (C=O) groups excluding carboxylic acids is 2. The zero-order valence-corrected chi connectivity index (χ0v) is 12.5. The molecule has 0 bridgehead atoms. The summed E-state index contributed by atoms with van der Waals surface area (Å²) >= 11 is 0. The fourth-order valence-corrected chi connectivity index (χ4v) is 1.20. The minimum absolute atomic E-state index is 0.0986. The van der Waals surface area contributed by atoms with Gasteiger partial charge in [-0.15, -0.1) is 0 Å². The van der Waals surface area contributed by atoms with E-state index in [1.807, 2.05) is 0 Å². The van der Waals surface area contributed by atoms with Gasteiger partial charge in [0, 0.05) is 5.57 Å². The van der Waals surface area contributed by atoms with Crippen LogP contribution in [0.3, 0.4) is 0 Å². The van der Waals surface area contributed by atoms with Crippen LogP contribution in [0.15, 0.2) is 12.2 Å². The third-order valence-electron chi connectivity index (χ3n) is 2.53. The van der Waals surface area contributed by atoms with Crippen molar-refractivity contribution < 1.29 is 19.1 Å². The highest BCUT2D eigenvalue weighted by atomic mass is 16.5. The Morgan fingerprint density at radius 1 is 0.947 bits per heavy atom. The summed E-state index contributed by atoms with van der Waals surface area (Å²) in [5.41, 5.74) is 0.151. The van der Waals surface area contributed by atoms with Gasteiger partial charge in [0.2, 0.25) is 0 Å². The summed E-state index contributed by atoms with van der Waals surface area (Å²) in [5, 5.41) is 0. The van der Waals surface area contributed by atoms with Crippen molar-refractivity contribution >= 4 is 11.9 Å². The number of hydrogen-bond donors (Lipinski definition) is 0. The molecular formula is C15H26O4. The molecule has 0 unspecified atom stereocenters. The van der Waals surface area contributed by atoms with Gasteiger partial charge in [-0.3, -0.25) is 4.79 Å². The SMILES string of the molecule is C=C(CC(=O)OCCC(C)C)C(=O)OCCC(C)C. The van der Waals surface area contributed by atoms with Gasteiger partial charge in [0.25, 0.3) is 0 Å². The lowest BCUT2D eigenvalue weighted by molar-refractivity contribution is -0.146. The molecule has 0 aliphatic rings. The maximum absolute atomic E-state index is 11.5. The molecule has 19 heavy (non-hydrogen) atoms. The van der Waals surface area contributed by atoms with Crippen molar-refractivity contribution in [2.45, 2.75) is 47.0 Å². The highest BCUT2D eigenvalue weighted by Gasteiger charge is 2.14. The molecule has 0 aromatic heterocycles. The molecule has 110 valence electrons. The Morgan fingerprint density at radius 3 is 1.89 bits per heavy atom. The van der Waals surface area contributed by atoms with E-state index >= 15 is 0 Å². The molecule has 4 heteroatoms. The molecule has 0 radical (unpaired) electrons. The molecule has 0 saturated heterocycles. The Kier molecular flexibility index (Phi) is 8.92. The molecule has 0 aliphatic carbocycles. The highest BCUT2D eigenvalue weighted by molar-refractivity contribution is 5.93. The molecule has 0 saturated carbocycles. The second-order valence-electron chi connectivity index (χ2n) is 5.50. The summed E-state index contributed by atoms with van der Waals surface area (Å²) in [6.45, 7) is 12.5. The van der Waals surface area contributed by atoms with Crippen molar-refractivity contribution in [3.8, 4) is 0 Å². The Labute approximate surface area is 116 Å². The molecule has 0 aromatic rings. The van der Waals surface area contributed by atoms with Crippen LogP contribution < -0.4 is 0 Å². The standard InChI is InChI=1S/C15H26O4/c1-11(2)6-8-18-14(16)10-13(5)15(17)19-9-7-12(3)4/h11-12H,5-10H2,1-4H3. The summed E-state index contributed by atoms with van der Waals surface area (Å²) < 4.78 is 10.0. The molecule has 0 N–H and O–H groups in total. The van der Waals surface area contributed by atoms with Crippen LogP contribution in [0.5, 0.6) is 0 Å². The van der Waals surface area contributed by atoms with Crippen molar-refractivity contribution in [1.82, 2.24) is 0 Å². The van der Waals surface area contributed by atoms with E-state index < -0.39 is 11.9 Å². The van der Waals surface area contributed by atoms with Crippen LogP contribution in [0.1, 0.15) is 47.0 Å². The number of rotatable bonds is 9. The molecule has 0 spiro atoms. The Bertz CT molecular complexity index is 305. The number of esters is 2. The molecule has 0 aromatic carbocycles. The fraction of sp³-hybridized carbons (Fsp3) is 0.733. The summed E-state index contributed by atoms with van der Waals surface area (Å²) in [4.78, 5) is 22.9. The third-order valence-corrected chi connectivity index (χ3v) is 2.53. The molecule has 4 nitrogen and oxygen atoms in total. The first-order valence-electron chi connectivity index (χ1n) is 6.83. The molecule has 0 atom stereocenters. The highest BCUT2D eigenvalue weighted by Crippen LogP contribution is 2.07. The van der Waals surface area contributed by atoms with Gasteiger partial charge in [-0.25, -0.2) is 4.79 Å². The smallest absolute Gasteiger partial charge is 0.333 e. The second kappa shape index (κ2) is 9.59. The van der Waals surface area contributed by atoms with Crippen molar-refractivity contribution in [2.24, 2.45) is 11.8 Å². The van der Waals surface area contributed by atoms with Crippen molar-refractivity contribution in [3.63, 3.8) is 0 Å². The lowest BCUT2D eigenvalue weighted by atomic mass is 10.1. The van der Waals surface area contributed by atoms with E-state index in [0.29, 0.717) is 25.0 Å². The first kappa shape index (κ1) is 17.7. The zero-order chi connectivity index (χ0) is 14.8. The third kappa shape index (κ3) is 10.3. The largest absolute Gasteiger partial charge is 0.465 e. The van der Waals surface area contributed by atoms with Crippen LogP contribution in [0, 0.1) is 11.8 Å². The van der Waals surface area contributed by atoms with Gasteiger partial charge in [0.15, 0.2) is 0 Å². The maximum atomic E-state index is 11.5. The van der Waals surface area contributed by atoms with E-state index in [2.05, 4.69) is 34.3 Å². The average molecular weight is 270 g/mol. The van der Waals surface area contributed by atoms with Gasteiger partial charge in [-0.05, 0) is 24.7 Å². The van der Waals surface area contributed by atoms with Crippen LogP contribution in [0.25, 0.3) is 0 Å². The summed E-state index contributed by atoms with van der Waals surface area (Å²) in [6, 6.07) is 0. The lowest BCUT2D eigenvalue weighted by Crippen LogP contribution is -2.15. The van der Waals surface area contributed by atoms with Gasteiger partial charge >= 0.3 is 11.9 Å². The number of hydrogen-bond acceptors (Lipinski definition) is 4. The predicted molar refractivity (Wildman–Crippen MR) is 74.6 cm³/mol. The Balaban J connectivity index is 3.82. The van der Waals surface area contributed by atoms with E-state index in [-0.39, 0.29) is 12.0 Å². The van der Waals surface area contributed by atoms with Gasteiger partial charge < -0.3 is 9.47 Å². The molecule has 0 aliphatic heterocycles. The van der Waals surface area contributed by atoms with Gasteiger partial charge in [-0.2, -0.15) is 0 Å². The minimum atomic E-state index is -0.513. The number of carbonyl (C=O) groups is 2. The monoisotopic (exact) mass is 270 g/mol. The van der Waals surface area contributed by atoms with Crippen molar-refractivity contribution in [2.75, 3.05) is 13.2 Å². The van der Waals surface area contributed by atoms with E-state index in [0.717, 1.165) is 12.8 Å². The first-order chi connectivity index (χ1) is 8.82. The molecular weight excluding hydrogens is 244 g/mol. The van der Waals surface area contributed by atoms with Crippen LogP contribution in [0.2, 0.25) is 0 Å². The van der Waals surface area contributed by atoms with Crippen LogP contribution in [-0.2, 0) is 19.1 Å². The molecule has 0 fully saturated rings. The van der Waals surface area contributed by atoms with E-state index in [9.17, 15) is 9.59 Å². The van der Waals surface area contributed by atoms with E-state index in [1.165, 1.54) is 0 Å². The number of ether oxygens (including phenoxy) is 2. The molecule has 0 amide bonds. The Morgan fingerprint density at radius 2 is 1.42 bits per heavy atom. The minimum Gasteiger partial charge on any atom is -0.465 e. The zero-order valence-electron chi connectivity index (χ0n) is 12.5. The fourth-order valence-electron chi connectivity index (χ4n) is 1.20. The van der Waals surface area contributed by atoms with Crippen molar-refractivity contribution in [1.29, 1.82) is 0 Å². The van der Waals surface area contributed by atoms with E-state index in [4.69, 9.17) is 9.47 Å². The van der Waals surface area contributed by atoms with Crippen LogP contribution in [0.4, 0.5) is 0 Å². The Hall–Kier alpha value is -1.32. The molecule has 0 heterocycles. The van der Waals surface area contributed by atoms with Crippen molar-refractivity contribution in [3.05, 3.63) is 12.2 Å². The topological polar surface area (TPSA) is 52.6 Å². The van der Waals surface area contributed by atoms with Gasteiger partial charge in [-0.1, -0.05) is 34.3 Å². The summed E-state index contributed by atoms with van der Waals surface area (Å²) in [7, 11) is 0. The average Bonchev–Trinajstić information content (AvgIpc) is 2.27. The maximum Gasteiger partial charge on any atom is 0.333 e. The summed E-state index contributed by atoms with van der Waals surface area (Å²) in [5.74, 6) is 0.0204. The normalized spacial score (nSPS) is 10.6. The van der Waals surface area contributed by atoms with Gasteiger partial charge in [0.05, 0.1) is 19.6 Å². The predicted octanol–water partition coefficient (Wildman–Crippen LogP) is 3.11. The lowest BCUT2D eigenvalue weighted by Gasteiger charge is -2.09. The molecule has 0 rings (SSSR count). The van der Waals surface area contributed by atoms with Crippen LogP contribution in [-0.4, -0.2) is 25.2 Å².